The Bertz CT molecular complexity index is 1040. The highest BCUT2D eigenvalue weighted by atomic mass is 35.5. The van der Waals surface area contributed by atoms with E-state index in [4.69, 9.17) is 11.6 Å². The van der Waals surface area contributed by atoms with Crippen molar-refractivity contribution in [2.24, 2.45) is 4.99 Å². The number of amides is 1. The summed E-state index contributed by atoms with van der Waals surface area (Å²) < 4.78 is 23.2. The molecule has 0 radical (unpaired) electrons. The smallest absolute Gasteiger partial charge is 0.251 e. The summed E-state index contributed by atoms with van der Waals surface area (Å²) in [5.41, 5.74) is 2.21. The van der Waals surface area contributed by atoms with Crippen molar-refractivity contribution in [1.82, 2.24) is 5.32 Å². The second-order valence-corrected chi connectivity index (χ2v) is 10.5. The topological polar surface area (TPSA) is 87.6 Å². The summed E-state index contributed by atoms with van der Waals surface area (Å²) in [5, 5.41) is 7.40. The van der Waals surface area contributed by atoms with Crippen LogP contribution in [0.4, 0.5) is 5.69 Å². The predicted octanol–water partition coefficient (Wildman–Crippen LogP) is 2.95. The van der Waals surface area contributed by atoms with Gasteiger partial charge in [-0.05, 0) is 35.9 Å². The molecule has 2 heterocycles. The zero-order valence-corrected chi connectivity index (χ0v) is 17.2. The fourth-order valence-corrected chi connectivity index (χ4v) is 7.04. The lowest BCUT2D eigenvalue weighted by atomic mass is 10.1. The molecule has 1 saturated heterocycles. The predicted molar refractivity (Wildman–Crippen MR) is 114 cm³/mol. The molecule has 2 aromatic rings. The normalized spacial score (nSPS) is 22.4. The number of carbonyl (C=O) groups excluding carboxylic acids is 1. The van der Waals surface area contributed by atoms with Crippen LogP contribution in [0.2, 0.25) is 5.02 Å². The van der Waals surface area contributed by atoms with Gasteiger partial charge in [-0.25, -0.2) is 8.42 Å². The number of hydrogen-bond acceptors (Lipinski definition) is 6. The number of anilines is 1. The average molecular weight is 436 g/mol. The van der Waals surface area contributed by atoms with Gasteiger partial charge in [-0.15, -0.1) is 0 Å². The molecule has 4 rings (SSSR count). The van der Waals surface area contributed by atoms with Gasteiger partial charge in [-0.2, -0.15) is 0 Å². The third kappa shape index (κ3) is 4.34. The van der Waals surface area contributed by atoms with Crippen LogP contribution >= 0.6 is 23.4 Å². The number of amidine groups is 1. The van der Waals surface area contributed by atoms with Crippen LogP contribution in [0.5, 0.6) is 0 Å². The number of thioether (sulfide) groups is 1. The summed E-state index contributed by atoms with van der Waals surface area (Å²) in [6.07, 6.45) is 0. The Morgan fingerprint density at radius 3 is 2.61 bits per heavy atom. The maximum Gasteiger partial charge on any atom is 0.251 e. The minimum absolute atomic E-state index is 0.00219. The van der Waals surface area contributed by atoms with Crippen molar-refractivity contribution >= 4 is 50.0 Å². The van der Waals surface area contributed by atoms with E-state index in [1.54, 1.807) is 30.3 Å². The standard InChI is InChI=1S/C19H18ClN3O3S2/c20-15-4-2-1-3-13(15)9-21-18(24)12-5-7-14(8-6-12)22-19-23-16-10-28(25,26)11-17(16)27-19/h1-8,16-17H,9-11H2,(H,21,24)(H,22,23)/t16-,17+/m0/s1. The number of nitrogens with zero attached hydrogens (tertiary/aromatic N) is 1. The Labute approximate surface area is 172 Å². The van der Waals surface area contributed by atoms with Crippen molar-refractivity contribution < 1.29 is 13.2 Å². The molecule has 2 aliphatic heterocycles. The number of hydrogen-bond donors (Lipinski definition) is 2. The third-order valence-electron chi connectivity index (χ3n) is 4.61. The first kappa shape index (κ1) is 19.3. The van der Waals surface area contributed by atoms with E-state index in [1.807, 2.05) is 18.2 Å². The van der Waals surface area contributed by atoms with Crippen LogP contribution in [0.15, 0.2) is 53.5 Å². The number of sulfone groups is 1. The molecule has 0 spiro atoms. The van der Waals surface area contributed by atoms with E-state index in [2.05, 4.69) is 15.6 Å². The van der Waals surface area contributed by atoms with Crippen LogP contribution in [-0.2, 0) is 16.4 Å². The van der Waals surface area contributed by atoms with Gasteiger partial charge in [0.15, 0.2) is 15.0 Å². The largest absolute Gasteiger partial charge is 0.348 e. The SMILES string of the molecule is O=C(NCc1ccccc1Cl)c1ccc(NC2=N[C@H]3CS(=O)(=O)C[C@H]3S2)cc1. The molecule has 0 aliphatic carbocycles. The van der Waals surface area contributed by atoms with Gasteiger partial charge in [-0.3, -0.25) is 9.79 Å². The first-order chi connectivity index (χ1) is 13.4. The van der Waals surface area contributed by atoms with E-state index in [-0.39, 0.29) is 28.7 Å². The number of nitrogens with one attached hydrogen (secondary N) is 2. The number of benzene rings is 2. The van der Waals surface area contributed by atoms with Crippen LogP contribution < -0.4 is 10.6 Å². The van der Waals surface area contributed by atoms with Gasteiger partial charge in [0, 0.05) is 28.1 Å². The minimum atomic E-state index is -2.95. The molecule has 1 amide bonds. The van der Waals surface area contributed by atoms with E-state index >= 15 is 0 Å². The quantitative estimate of drug-likeness (QED) is 0.770. The zero-order valence-electron chi connectivity index (χ0n) is 14.8. The molecule has 0 unspecified atom stereocenters. The van der Waals surface area contributed by atoms with Crippen LogP contribution in [0.1, 0.15) is 15.9 Å². The molecule has 2 atom stereocenters. The number of carbonyl (C=O) groups is 1. The van der Waals surface area contributed by atoms with Gasteiger partial charge < -0.3 is 10.6 Å². The van der Waals surface area contributed by atoms with E-state index in [0.717, 1.165) is 16.4 Å². The van der Waals surface area contributed by atoms with Gasteiger partial charge in [-0.1, -0.05) is 41.6 Å². The number of halogens is 1. The highest BCUT2D eigenvalue weighted by molar-refractivity contribution is 8.15. The fraction of sp³-hybridized carbons (Fsp3) is 0.263. The molecule has 0 aromatic heterocycles. The lowest BCUT2D eigenvalue weighted by Crippen LogP contribution is -2.22. The molecule has 2 aromatic carbocycles. The van der Waals surface area contributed by atoms with Crippen molar-refractivity contribution in [3.8, 4) is 0 Å². The van der Waals surface area contributed by atoms with Crippen LogP contribution in [0.3, 0.4) is 0 Å². The van der Waals surface area contributed by atoms with Gasteiger partial charge in [0.1, 0.15) is 0 Å². The molecule has 0 bridgehead atoms. The fourth-order valence-electron chi connectivity index (χ4n) is 3.16. The summed E-state index contributed by atoms with van der Waals surface area (Å²) in [6, 6.07) is 14.3. The summed E-state index contributed by atoms with van der Waals surface area (Å²) in [7, 11) is -2.95. The first-order valence-electron chi connectivity index (χ1n) is 8.73. The lowest BCUT2D eigenvalue weighted by molar-refractivity contribution is 0.0951. The van der Waals surface area contributed by atoms with E-state index < -0.39 is 9.84 Å². The number of aliphatic imine (C=N–C) groups is 1. The van der Waals surface area contributed by atoms with E-state index in [1.165, 1.54) is 11.8 Å². The van der Waals surface area contributed by atoms with Crippen LogP contribution in [0, 0.1) is 0 Å². The molecule has 2 N–H and O–H groups in total. The molecule has 146 valence electrons. The Hall–Kier alpha value is -2.03. The second-order valence-electron chi connectivity index (χ2n) is 6.71. The number of fused-ring (bicyclic) bond motifs is 1. The van der Waals surface area contributed by atoms with Crippen LogP contribution in [0.25, 0.3) is 0 Å². The van der Waals surface area contributed by atoms with E-state index in [0.29, 0.717) is 17.1 Å². The molecule has 1 fully saturated rings. The van der Waals surface area contributed by atoms with Gasteiger partial charge in [0.05, 0.1) is 17.5 Å². The Morgan fingerprint density at radius 2 is 1.89 bits per heavy atom. The van der Waals surface area contributed by atoms with Gasteiger partial charge in [0.25, 0.3) is 5.91 Å². The molecular weight excluding hydrogens is 418 g/mol. The highest BCUT2D eigenvalue weighted by Gasteiger charge is 2.42. The Balaban J connectivity index is 1.34. The van der Waals surface area contributed by atoms with Crippen molar-refractivity contribution in [3.63, 3.8) is 0 Å². The number of rotatable bonds is 4. The Morgan fingerprint density at radius 1 is 1.14 bits per heavy atom. The molecule has 9 heteroatoms. The molecular formula is C19H18ClN3O3S2. The maximum atomic E-state index is 12.3. The van der Waals surface area contributed by atoms with E-state index in [9.17, 15) is 13.2 Å². The first-order valence-corrected chi connectivity index (χ1v) is 11.8. The molecule has 2 aliphatic rings. The van der Waals surface area contributed by atoms with Crippen molar-refractivity contribution in [2.75, 3.05) is 16.8 Å². The summed E-state index contributed by atoms with van der Waals surface area (Å²) in [6.45, 7) is 0.359. The van der Waals surface area contributed by atoms with Gasteiger partial charge in [0.2, 0.25) is 0 Å². The van der Waals surface area contributed by atoms with Crippen LogP contribution in [-0.4, -0.2) is 42.3 Å². The average Bonchev–Trinajstić information content (AvgIpc) is 3.14. The summed E-state index contributed by atoms with van der Waals surface area (Å²) in [5.74, 6) is 0.126. The summed E-state index contributed by atoms with van der Waals surface area (Å²) >= 11 is 7.56. The monoisotopic (exact) mass is 435 g/mol. The molecule has 28 heavy (non-hydrogen) atoms. The lowest BCUT2D eigenvalue weighted by Gasteiger charge is -2.09. The highest BCUT2D eigenvalue weighted by Crippen LogP contribution is 2.34. The molecule has 0 saturated carbocycles. The maximum absolute atomic E-state index is 12.3. The third-order valence-corrected chi connectivity index (χ3v) is 8.12. The van der Waals surface area contributed by atoms with Crippen molar-refractivity contribution in [1.29, 1.82) is 0 Å². The van der Waals surface area contributed by atoms with Crippen molar-refractivity contribution in [3.05, 3.63) is 64.7 Å². The summed E-state index contributed by atoms with van der Waals surface area (Å²) in [4.78, 5) is 16.8. The van der Waals surface area contributed by atoms with Gasteiger partial charge >= 0.3 is 0 Å². The zero-order chi connectivity index (χ0) is 19.7. The Kier molecular flexibility index (Phi) is 5.35. The molecule has 6 nitrogen and oxygen atoms in total. The second kappa shape index (κ2) is 7.77. The van der Waals surface area contributed by atoms with Crippen molar-refractivity contribution in [2.45, 2.75) is 17.8 Å². The minimum Gasteiger partial charge on any atom is -0.348 e.